The van der Waals surface area contributed by atoms with Crippen LogP contribution in [0, 0.1) is 23.2 Å². The highest BCUT2D eigenvalue weighted by molar-refractivity contribution is 5.07. The maximum Gasteiger partial charge on any atom is 0.0752 e. The fourth-order valence-electron chi connectivity index (χ4n) is 3.13. The summed E-state index contributed by atoms with van der Waals surface area (Å²) in [5, 5.41) is 10.0. The maximum absolute atomic E-state index is 10.0. The van der Waals surface area contributed by atoms with E-state index in [1.54, 1.807) is 0 Å². The molecule has 0 heterocycles. The van der Waals surface area contributed by atoms with Gasteiger partial charge in [-0.15, -0.1) is 0 Å². The van der Waals surface area contributed by atoms with Crippen LogP contribution in [0.2, 0.25) is 0 Å². The normalized spacial score (nSPS) is 32.6. The van der Waals surface area contributed by atoms with Crippen LogP contribution in [-0.2, 0) is 0 Å². The molecule has 3 atom stereocenters. The second-order valence-electron chi connectivity index (χ2n) is 6.62. The number of hydrogen-bond donors (Lipinski definition) is 1. The SMILES string of the molecule is C=C1CCC([C@H](C)C(C)C)C(C)(C)C[C@@H]1O. The van der Waals surface area contributed by atoms with Gasteiger partial charge in [0.05, 0.1) is 6.10 Å². The van der Waals surface area contributed by atoms with Crippen molar-refractivity contribution >= 4 is 0 Å². The Morgan fingerprint density at radius 1 is 1.31 bits per heavy atom. The molecule has 94 valence electrons. The van der Waals surface area contributed by atoms with Crippen LogP contribution < -0.4 is 0 Å². The summed E-state index contributed by atoms with van der Waals surface area (Å²) in [5.74, 6) is 2.13. The van der Waals surface area contributed by atoms with Crippen molar-refractivity contribution < 1.29 is 5.11 Å². The molecule has 0 aromatic heterocycles. The lowest BCUT2D eigenvalue weighted by molar-refractivity contribution is 0.0711. The monoisotopic (exact) mass is 224 g/mol. The lowest BCUT2D eigenvalue weighted by atomic mass is 9.66. The first-order valence-electron chi connectivity index (χ1n) is 6.61. The van der Waals surface area contributed by atoms with Gasteiger partial charge in [0, 0.05) is 0 Å². The van der Waals surface area contributed by atoms with Gasteiger partial charge in [-0.2, -0.15) is 0 Å². The first-order chi connectivity index (χ1) is 7.25. The van der Waals surface area contributed by atoms with Crippen molar-refractivity contribution in [2.45, 2.75) is 60.0 Å². The Kier molecular flexibility index (Phi) is 4.23. The first kappa shape index (κ1) is 13.8. The number of rotatable bonds is 2. The quantitative estimate of drug-likeness (QED) is 0.555. The third kappa shape index (κ3) is 2.88. The van der Waals surface area contributed by atoms with Crippen molar-refractivity contribution in [2.75, 3.05) is 0 Å². The smallest absolute Gasteiger partial charge is 0.0752 e. The highest BCUT2D eigenvalue weighted by Crippen LogP contribution is 2.45. The summed E-state index contributed by atoms with van der Waals surface area (Å²) >= 11 is 0. The molecule has 1 aliphatic rings. The van der Waals surface area contributed by atoms with Crippen LogP contribution in [0.3, 0.4) is 0 Å². The zero-order chi connectivity index (χ0) is 12.5. The summed E-state index contributed by atoms with van der Waals surface area (Å²) in [6.45, 7) is 15.6. The molecule has 0 amide bonds. The zero-order valence-corrected chi connectivity index (χ0v) is 11.6. The number of aliphatic hydroxyl groups excluding tert-OH is 1. The summed E-state index contributed by atoms with van der Waals surface area (Å²) < 4.78 is 0. The molecule has 16 heavy (non-hydrogen) atoms. The van der Waals surface area contributed by atoms with Crippen LogP contribution in [0.15, 0.2) is 12.2 Å². The molecule has 0 bridgehead atoms. The Balaban J connectivity index is 2.87. The van der Waals surface area contributed by atoms with E-state index in [9.17, 15) is 5.11 Å². The molecular weight excluding hydrogens is 196 g/mol. The van der Waals surface area contributed by atoms with Gasteiger partial charge in [-0.3, -0.25) is 0 Å². The molecule has 0 aromatic carbocycles. The lowest BCUT2D eigenvalue weighted by Crippen LogP contribution is -2.32. The molecule has 1 saturated carbocycles. The summed E-state index contributed by atoms with van der Waals surface area (Å²) in [5.41, 5.74) is 1.26. The molecule has 1 fully saturated rings. The Morgan fingerprint density at radius 3 is 2.38 bits per heavy atom. The number of aliphatic hydroxyl groups is 1. The van der Waals surface area contributed by atoms with Crippen LogP contribution in [0.25, 0.3) is 0 Å². The van der Waals surface area contributed by atoms with Gasteiger partial charge in [0.1, 0.15) is 0 Å². The summed E-state index contributed by atoms with van der Waals surface area (Å²) in [6, 6.07) is 0. The second kappa shape index (κ2) is 4.91. The van der Waals surface area contributed by atoms with Crippen molar-refractivity contribution in [3.8, 4) is 0 Å². The summed E-state index contributed by atoms with van der Waals surface area (Å²) in [4.78, 5) is 0. The molecule has 0 radical (unpaired) electrons. The van der Waals surface area contributed by atoms with E-state index in [1.807, 2.05) is 0 Å². The van der Waals surface area contributed by atoms with Crippen molar-refractivity contribution in [2.24, 2.45) is 23.2 Å². The predicted octanol–water partition coefficient (Wildman–Crippen LogP) is 4.02. The standard InChI is InChI=1S/C15H28O/c1-10(2)12(4)13-8-7-11(3)14(16)9-15(13,5)6/h10,12-14,16H,3,7-9H2,1-2,4-6H3/t12-,13?,14+/m1/s1. The topological polar surface area (TPSA) is 20.2 Å². The Morgan fingerprint density at radius 2 is 1.88 bits per heavy atom. The van der Waals surface area contributed by atoms with Gasteiger partial charge in [0.25, 0.3) is 0 Å². The van der Waals surface area contributed by atoms with Gasteiger partial charge >= 0.3 is 0 Å². The maximum atomic E-state index is 10.0. The molecule has 0 spiro atoms. The molecule has 0 aromatic rings. The van der Waals surface area contributed by atoms with Gasteiger partial charge in [0.15, 0.2) is 0 Å². The fourth-order valence-corrected chi connectivity index (χ4v) is 3.13. The van der Waals surface area contributed by atoms with Gasteiger partial charge in [-0.05, 0) is 48.0 Å². The molecule has 1 rings (SSSR count). The minimum absolute atomic E-state index is 0.225. The Labute approximate surface area is 101 Å². The third-order valence-electron chi connectivity index (χ3n) is 4.66. The van der Waals surface area contributed by atoms with E-state index < -0.39 is 0 Å². The van der Waals surface area contributed by atoms with Crippen LogP contribution in [0.4, 0.5) is 0 Å². The van der Waals surface area contributed by atoms with Gasteiger partial charge < -0.3 is 5.11 Å². The zero-order valence-electron chi connectivity index (χ0n) is 11.6. The molecule has 1 aliphatic carbocycles. The fraction of sp³-hybridized carbons (Fsp3) is 0.867. The van der Waals surface area contributed by atoms with Gasteiger partial charge in [0.2, 0.25) is 0 Å². The van der Waals surface area contributed by atoms with Crippen molar-refractivity contribution in [3.63, 3.8) is 0 Å². The van der Waals surface area contributed by atoms with E-state index in [1.165, 1.54) is 6.42 Å². The third-order valence-corrected chi connectivity index (χ3v) is 4.66. The van der Waals surface area contributed by atoms with E-state index >= 15 is 0 Å². The van der Waals surface area contributed by atoms with Gasteiger partial charge in [-0.25, -0.2) is 0 Å². The second-order valence-corrected chi connectivity index (χ2v) is 6.62. The summed E-state index contributed by atoms with van der Waals surface area (Å²) in [6.07, 6.45) is 2.75. The molecule has 1 heteroatoms. The van der Waals surface area contributed by atoms with E-state index in [0.717, 1.165) is 18.4 Å². The predicted molar refractivity (Wildman–Crippen MR) is 70.3 cm³/mol. The lowest BCUT2D eigenvalue weighted by Gasteiger charge is -2.39. The average Bonchev–Trinajstić information content (AvgIpc) is 2.24. The highest BCUT2D eigenvalue weighted by atomic mass is 16.3. The summed E-state index contributed by atoms with van der Waals surface area (Å²) in [7, 11) is 0. The van der Waals surface area contributed by atoms with E-state index in [2.05, 4.69) is 41.2 Å². The highest BCUT2D eigenvalue weighted by Gasteiger charge is 2.38. The van der Waals surface area contributed by atoms with Crippen LogP contribution in [-0.4, -0.2) is 11.2 Å². The number of hydrogen-bond acceptors (Lipinski definition) is 1. The van der Waals surface area contributed by atoms with Crippen molar-refractivity contribution in [3.05, 3.63) is 12.2 Å². The Bertz CT molecular complexity index is 252. The van der Waals surface area contributed by atoms with Crippen LogP contribution in [0.1, 0.15) is 53.9 Å². The Hall–Kier alpha value is -0.300. The van der Waals surface area contributed by atoms with Crippen molar-refractivity contribution in [1.29, 1.82) is 0 Å². The van der Waals surface area contributed by atoms with E-state index in [0.29, 0.717) is 17.8 Å². The first-order valence-corrected chi connectivity index (χ1v) is 6.61. The largest absolute Gasteiger partial charge is 0.389 e. The van der Waals surface area contributed by atoms with Crippen LogP contribution in [0.5, 0.6) is 0 Å². The van der Waals surface area contributed by atoms with E-state index in [4.69, 9.17) is 0 Å². The average molecular weight is 224 g/mol. The molecule has 1 N–H and O–H groups in total. The van der Waals surface area contributed by atoms with Gasteiger partial charge in [-0.1, -0.05) is 41.2 Å². The molecule has 1 nitrogen and oxygen atoms in total. The molecule has 0 saturated heterocycles. The van der Waals surface area contributed by atoms with E-state index in [-0.39, 0.29) is 11.5 Å². The molecular formula is C15H28O. The molecule has 0 aliphatic heterocycles. The minimum Gasteiger partial charge on any atom is -0.389 e. The van der Waals surface area contributed by atoms with Crippen LogP contribution >= 0.6 is 0 Å². The minimum atomic E-state index is -0.292. The van der Waals surface area contributed by atoms with Crippen molar-refractivity contribution in [1.82, 2.24) is 0 Å². The molecule has 1 unspecified atom stereocenters.